The van der Waals surface area contributed by atoms with E-state index in [4.69, 9.17) is 14.6 Å². The van der Waals surface area contributed by atoms with Crippen LogP contribution in [0.2, 0.25) is 0 Å². The lowest BCUT2D eigenvalue weighted by Crippen LogP contribution is -2.55. The average molecular weight is 985 g/mol. The van der Waals surface area contributed by atoms with E-state index in [-0.39, 0.29) is 66.8 Å². The minimum atomic E-state index is -1.17. The van der Waals surface area contributed by atoms with Gasteiger partial charge in [0, 0.05) is 59.9 Å². The molecule has 2 saturated heterocycles. The number of ether oxygens (including phenoxy) is 2. The van der Waals surface area contributed by atoms with Crippen LogP contribution in [0.4, 0.5) is 0 Å². The second kappa shape index (κ2) is 33.4. The van der Waals surface area contributed by atoms with Gasteiger partial charge in [-0.1, -0.05) is 111 Å². The molecule has 17 heteroatoms. The monoisotopic (exact) mass is 985 g/mol. The maximum Gasteiger partial charge on any atom is 0.322 e. The normalized spacial score (nSPS) is 20.6. The predicted octanol–water partition coefficient (Wildman–Crippen LogP) is 5.67. The molecule has 2 fully saturated rings. The summed E-state index contributed by atoms with van der Waals surface area (Å²) >= 11 is 0. The zero-order chi connectivity index (χ0) is 53.1. The molecule has 0 saturated carbocycles. The minimum Gasteiger partial charge on any atom is -0.480 e. The standard InChI is InChI=1S/C43H72N6O11.C7H8.C3H8/c1-11-27(3)39(33(59-9)24-36(53)48-22-16-18-32(48)41(60-10)30(6)42(57)45-26-38(55)56)47(8)37(54)25-44-43(58)40-29(5)28(4)31(12-2)49(40)35(52)19-14-13-15-21-46(7)34(51)20-17-23-50;1-7-5-3-2-4-6-7;1-3-2/h17,20,23,27-33,39-41H,11-16,18-19,21-22,24-26H2,1-10H3,(H,44,58)(H,45,57)(H,55,56);2-6H,1H3;3H2,1-2H3/b20-17-;;/t27?,28-,29?,30?,31?,32?,33?,39?,40?,41?;;/m0../s1. The van der Waals surface area contributed by atoms with Gasteiger partial charge in [0.1, 0.15) is 18.9 Å². The van der Waals surface area contributed by atoms with Crippen molar-refractivity contribution >= 4 is 47.7 Å². The number of aldehydes is 1. The van der Waals surface area contributed by atoms with Crippen molar-refractivity contribution in [2.75, 3.05) is 54.5 Å². The van der Waals surface area contributed by atoms with Gasteiger partial charge in [-0.15, -0.1) is 0 Å². The van der Waals surface area contributed by atoms with E-state index < -0.39 is 60.6 Å². The molecule has 0 aliphatic carbocycles. The fourth-order valence-corrected chi connectivity index (χ4v) is 9.49. The zero-order valence-corrected chi connectivity index (χ0v) is 44.6. The number of carboxylic acid groups (broad SMARTS) is 1. The van der Waals surface area contributed by atoms with E-state index in [2.05, 4.69) is 43.5 Å². The van der Waals surface area contributed by atoms with Crippen LogP contribution in [0, 0.1) is 30.6 Å². The van der Waals surface area contributed by atoms with Gasteiger partial charge < -0.3 is 44.8 Å². The molecular formula is C53H88N6O11. The highest BCUT2D eigenvalue weighted by Crippen LogP contribution is 2.38. The Morgan fingerprint density at radius 3 is 2.06 bits per heavy atom. The number of aryl methyl sites for hydroxylation is 1. The summed E-state index contributed by atoms with van der Waals surface area (Å²) in [6.45, 7) is 18.0. The third-order valence-electron chi connectivity index (χ3n) is 13.7. The van der Waals surface area contributed by atoms with E-state index in [1.54, 1.807) is 30.8 Å². The summed E-state index contributed by atoms with van der Waals surface area (Å²) < 4.78 is 11.6. The molecule has 10 atom stereocenters. The highest BCUT2D eigenvalue weighted by atomic mass is 16.5. The average Bonchev–Trinajstić information content (AvgIpc) is 3.93. The number of amides is 6. The Balaban J connectivity index is 0.00000218. The highest BCUT2D eigenvalue weighted by Gasteiger charge is 2.49. The highest BCUT2D eigenvalue weighted by molar-refractivity contribution is 5.92. The topological polar surface area (TPSA) is 212 Å². The predicted molar refractivity (Wildman–Crippen MR) is 271 cm³/mol. The summed E-state index contributed by atoms with van der Waals surface area (Å²) in [5.41, 5.74) is 1.32. The number of likely N-dealkylation sites (tertiary alicyclic amines) is 2. The zero-order valence-electron chi connectivity index (χ0n) is 44.6. The van der Waals surface area contributed by atoms with Crippen molar-refractivity contribution in [3.05, 3.63) is 48.0 Å². The van der Waals surface area contributed by atoms with E-state index >= 15 is 0 Å². The smallest absolute Gasteiger partial charge is 0.322 e. The molecule has 17 nitrogen and oxygen atoms in total. The Kier molecular flexibility index (Phi) is 30.0. The van der Waals surface area contributed by atoms with Gasteiger partial charge in [0.05, 0.1) is 43.2 Å². The second-order valence-corrected chi connectivity index (χ2v) is 18.8. The van der Waals surface area contributed by atoms with Crippen LogP contribution in [0.25, 0.3) is 0 Å². The summed E-state index contributed by atoms with van der Waals surface area (Å²) in [7, 11) is 6.25. The van der Waals surface area contributed by atoms with Crippen LogP contribution in [0.15, 0.2) is 42.5 Å². The molecule has 1 aromatic rings. The Labute approximate surface area is 418 Å². The van der Waals surface area contributed by atoms with Gasteiger partial charge in [0.2, 0.25) is 35.4 Å². The number of rotatable bonds is 25. The maximum absolute atomic E-state index is 14.0. The molecule has 6 amide bonds. The van der Waals surface area contributed by atoms with E-state index in [0.717, 1.165) is 6.08 Å². The molecule has 0 bridgehead atoms. The van der Waals surface area contributed by atoms with Gasteiger partial charge in [-0.25, -0.2) is 0 Å². The minimum absolute atomic E-state index is 0.0496. The number of aliphatic carboxylic acids is 1. The maximum atomic E-state index is 14.0. The summed E-state index contributed by atoms with van der Waals surface area (Å²) in [4.78, 5) is 108. The number of nitrogens with zero attached hydrogens (tertiary/aromatic N) is 4. The Bertz CT molecular complexity index is 1810. The fourth-order valence-electron chi connectivity index (χ4n) is 9.49. The quantitative estimate of drug-likeness (QED) is 0.0617. The van der Waals surface area contributed by atoms with E-state index in [1.807, 2.05) is 52.8 Å². The molecule has 1 aromatic carbocycles. The third kappa shape index (κ3) is 19.6. The number of carboxylic acids is 1. The lowest BCUT2D eigenvalue weighted by atomic mass is 9.89. The Hall–Kier alpha value is -5.16. The number of nitrogens with one attached hydrogen (secondary N) is 2. The van der Waals surface area contributed by atoms with Gasteiger partial charge >= 0.3 is 5.97 Å². The van der Waals surface area contributed by atoms with E-state index in [9.17, 15) is 38.4 Å². The fraction of sp³-hybridized carbons (Fsp3) is 0.698. The molecule has 9 unspecified atom stereocenters. The lowest BCUT2D eigenvalue weighted by molar-refractivity contribution is -0.146. The van der Waals surface area contributed by atoms with Crippen LogP contribution in [0.1, 0.15) is 125 Å². The first-order valence-corrected chi connectivity index (χ1v) is 25.3. The van der Waals surface area contributed by atoms with Crippen LogP contribution in [-0.4, -0.2) is 163 Å². The van der Waals surface area contributed by atoms with Crippen LogP contribution in [0.5, 0.6) is 0 Å². The number of allylic oxidation sites excluding steroid dienone is 1. The number of hydrogen-bond donors (Lipinski definition) is 3. The number of unbranched alkanes of at least 4 members (excludes halogenated alkanes) is 2. The summed E-state index contributed by atoms with van der Waals surface area (Å²) in [5.74, 6) is -3.99. The molecule has 2 aliphatic heterocycles. The Morgan fingerprint density at radius 1 is 0.886 bits per heavy atom. The summed E-state index contributed by atoms with van der Waals surface area (Å²) in [6.07, 6.45) is 7.54. The first-order chi connectivity index (χ1) is 33.2. The van der Waals surface area contributed by atoms with Gasteiger partial charge in [0.15, 0.2) is 0 Å². The molecule has 0 aromatic heterocycles. The van der Waals surface area contributed by atoms with Crippen molar-refractivity contribution in [1.29, 1.82) is 0 Å². The number of carbonyl (C=O) groups is 8. The molecular weight excluding hydrogens is 897 g/mol. The molecule has 3 N–H and O–H groups in total. The molecule has 3 rings (SSSR count). The van der Waals surface area contributed by atoms with Crippen molar-refractivity contribution in [3.63, 3.8) is 0 Å². The van der Waals surface area contributed by atoms with Gasteiger partial charge in [-0.3, -0.25) is 38.4 Å². The summed E-state index contributed by atoms with van der Waals surface area (Å²) in [5, 5.41) is 14.2. The van der Waals surface area contributed by atoms with Crippen molar-refractivity contribution < 1.29 is 52.9 Å². The Morgan fingerprint density at radius 2 is 1.53 bits per heavy atom. The van der Waals surface area contributed by atoms with Crippen molar-refractivity contribution in [2.45, 2.75) is 163 Å². The molecule has 2 heterocycles. The van der Waals surface area contributed by atoms with Crippen LogP contribution in [0.3, 0.4) is 0 Å². The van der Waals surface area contributed by atoms with E-state index in [0.29, 0.717) is 64.3 Å². The molecule has 2 aliphatic rings. The van der Waals surface area contributed by atoms with Crippen LogP contribution >= 0.6 is 0 Å². The van der Waals surface area contributed by atoms with Crippen molar-refractivity contribution in [2.24, 2.45) is 23.7 Å². The lowest BCUT2D eigenvalue weighted by Gasteiger charge is -2.39. The number of carbonyl (C=O) groups excluding carboxylic acids is 7. The molecule has 0 radical (unpaired) electrons. The molecule has 0 spiro atoms. The van der Waals surface area contributed by atoms with Crippen LogP contribution < -0.4 is 10.6 Å². The van der Waals surface area contributed by atoms with Crippen LogP contribution in [-0.2, 0) is 47.8 Å². The number of benzene rings is 1. The van der Waals surface area contributed by atoms with Gasteiger partial charge in [0.25, 0.3) is 0 Å². The molecule has 70 heavy (non-hydrogen) atoms. The van der Waals surface area contributed by atoms with Crippen molar-refractivity contribution in [1.82, 2.24) is 30.2 Å². The largest absolute Gasteiger partial charge is 0.480 e. The number of hydrogen-bond acceptors (Lipinski definition) is 10. The first-order valence-electron chi connectivity index (χ1n) is 25.3. The number of likely N-dealkylation sites (N-methyl/N-ethyl adjacent to an activating group) is 2. The van der Waals surface area contributed by atoms with Gasteiger partial charge in [-0.05, 0) is 62.9 Å². The van der Waals surface area contributed by atoms with E-state index in [1.165, 1.54) is 42.1 Å². The number of methoxy groups -OCH3 is 2. The van der Waals surface area contributed by atoms with Gasteiger partial charge in [-0.2, -0.15) is 0 Å². The summed E-state index contributed by atoms with van der Waals surface area (Å²) in [6, 6.07) is 8.40. The second-order valence-electron chi connectivity index (χ2n) is 18.8. The molecule has 396 valence electrons. The first kappa shape index (κ1) is 62.9. The third-order valence-corrected chi connectivity index (χ3v) is 13.7. The van der Waals surface area contributed by atoms with Crippen molar-refractivity contribution in [3.8, 4) is 0 Å². The SMILES string of the molecule is CCC.CCC(C)C(C(CC(=O)N1CCCC1C(OC)C(C)C(=O)NCC(=O)O)OC)N(C)C(=O)CNC(=O)C1C(C)[C@H](C)C(CC)N1C(=O)CCCCCN(C)C(=O)/C=C\C=O.Cc1ccccc1.